The Morgan fingerprint density at radius 2 is 1.26 bits per heavy atom. The predicted octanol–water partition coefficient (Wildman–Crippen LogP) is -5.00. The molecule has 7 amide bonds. The van der Waals surface area contributed by atoms with Crippen LogP contribution >= 0.6 is 0 Å². The number of carbonyl (C=O) groups is 10. The van der Waals surface area contributed by atoms with Gasteiger partial charge in [0.15, 0.2) is 0 Å². The quantitative estimate of drug-likeness (QED) is 0.0411. The standard InChI is InChI=1S/C35H51N9O14/c36-11-5-4-9-20(35(57)58)39-32(54)23(16-28(49)50)41-31(53)22(15-26(38)46)42-33(55)25-10-6-12-44(25)34(56)24(17-45)43-30(52)21(13-18-7-2-1-3-8-18)40-29(51)19(37)14-27(47)48/h1-3,7-8,19-25,45H,4-6,9-17,36-37H2,(H2,38,46)(H,39,54)(H,40,51)(H,41,53)(H,42,55)(H,43,52)(H,47,48)(H,49,50)(H,57,58). The molecule has 23 heteroatoms. The summed E-state index contributed by atoms with van der Waals surface area (Å²) in [5.41, 5.74) is 17.0. The summed E-state index contributed by atoms with van der Waals surface area (Å²) in [6.07, 6.45) is -1.83. The SMILES string of the molecule is NCCCCC(NC(=O)C(CC(=O)O)NC(=O)C(CC(N)=O)NC(=O)C1CCCN1C(=O)C(CO)NC(=O)C(Cc1ccccc1)NC(=O)C(N)CC(=O)O)C(=O)O. The summed E-state index contributed by atoms with van der Waals surface area (Å²) in [5, 5.41) is 49.3. The highest BCUT2D eigenvalue weighted by molar-refractivity contribution is 5.99. The van der Waals surface area contributed by atoms with Crippen LogP contribution in [0.5, 0.6) is 0 Å². The third-order valence-electron chi connectivity index (χ3n) is 8.89. The largest absolute Gasteiger partial charge is 0.481 e. The van der Waals surface area contributed by atoms with Gasteiger partial charge < -0.3 is 69.1 Å². The maximum atomic E-state index is 13.7. The zero-order valence-electron chi connectivity index (χ0n) is 31.5. The number of nitrogens with two attached hydrogens (primary N) is 3. The van der Waals surface area contributed by atoms with Crippen LogP contribution in [0.15, 0.2) is 30.3 Å². The number of carboxylic acids is 3. The molecule has 1 aliphatic rings. The van der Waals surface area contributed by atoms with Crippen LogP contribution in [0.25, 0.3) is 0 Å². The van der Waals surface area contributed by atoms with Gasteiger partial charge in [0.05, 0.1) is 31.9 Å². The Balaban J connectivity index is 2.24. The van der Waals surface area contributed by atoms with Crippen molar-refractivity contribution in [3.05, 3.63) is 35.9 Å². The first-order valence-corrected chi connectivity index (χ1v) is 18.3. The number of hydrogen-bond acceptors (Lipinski definition) is 13. The van der Waals surface area contributed by atoms with Gasteiger partial charge in [0.1, 0.15) is 36.3 Å². The smallest absolute Gasteiger partial charge is 0.326 e. The van der Waals surface area contributed by atoms with Gasteiger partial charge in [0.2, 0.25) is 41.4 Å². The van der Waals surface area contributed by atoms with Crippen molar-refractivity contribution in [1.29, 1.82) is 0 Å². The number of unbranched alkanes of at least 4 members (excludes halogenated alkanes) is 1. The molecule has 7 atom stereocenters. The first-order chi connectivity index (χ1) is 27.4. The topological polar surface area (TPSA) is 393 Å². The number of aliphatic hydroxyl groups is 1. The van der Waals surface area contributed by atoms with Gasteiger partial charge in [-0.15, -0.1) is 0 Å². The Kier molecular flexibility index (Phi) is 19.7. The first kappa shape index (κ1) is 48.0. The van der Waals surface area contributed by atoms with Gasteiger partial charge in [-0.3, -0.25) is 43.2 Å². The van der Waals surface area contributed by atoms with Gasteiger partial charge in [-0.25, -0.2) is 4.79 Å². The number of nitrogens with one attached hydrogen (secondary N) is 5. The summed E-state index contributed by atoms with van der Waals surface area (Å²) >= 11 is 0. The molecule has 0 spiro atoms. The number of rotatable bonds is 25. The minimum Gasteiger partial charge on any atom is -0.481 e. The lowest BCUT2D eigenvalue weighted by Crippen LogP contribution is -2.60. The first-order valence-electron chi connectivity index (χ1n) is 18.3. The summed E-state index contributed by atoms with van der Waals surface area (Å²) in [6, 6.07) is -2.77. The van der Waals surface area contributed by atoms with Crippen LogP contribution in [0.4, 0.5) is 0 Å². The maximum Gasteiger partial charge on any atom is 0.326 e. The van der Waals surface area contributed by atoms with Gasteiger partial charge in [0, 0.05) is 13.0 Å². The molecule has 15 N–H and O–H groups in total. The minimum atomic E-state index is -1.87. The number of benzene rings is 1. The van der Waals surface area contributed by atoms with E-state index in [1.54, 1.807) is 30.3 Å². The highest BCUT2D eigenvalue weighted by Crippen LogP contribution is 2.19. The lowest BCUT2D eigenvalue weighted by molar-refractivity contribution is -0.144. The van der Waals surface area contributed by atoms with Crippen molar-refractivity contribution < 1.29 is 68.4 Å². The molecule has 1 heterocycles. The fourth-order valence-corrected chi connectivity index (χ4v) is 5.94. The van der Waals surface area contributed by atoms with Gasteiger partial charge in [-0.1, -0.05) is 30.3 Å². The van der Waals surface area contributed by atoms with E-state index in [-0.39, 0.29) is 38.8 Å². The van der Waals surface area contributed by atoms with Crippen molar-refractivity contribution in [1.82, 2.24) is 31.5 Å². The lowest BCUT2D eigenvalue weighted by Gasteiger charge is -2.30. The van der Waals surface area contributed by atoms with E-state index in [1.165, 1.54) is 0 Å². The molecule has 1 aromatic carbocycles. The van der Waals surface area contributed by atoms with Crippen molar-refractivity contribution in [3.8, 4) is 0 Å². The summed E-state index contributed by atoms with van der Waals surface area (Å²) in [5.74, 6) is -11.8. The third kappa shape index (κ3) is 15.7. The Labute approximate surface area is 331 Å². The molecule has 7 unspecified atom stereocenters. The monoisotopic (exact) mass is 821 g/mol. The fraction of sp³-hybridized carbons (Fsp3) is 0.543. The molecule has 2 rings (SSSR count). The molecule has 0 bridgehead atoms. The molecule has 0 aliphatic carbocycles. The Morgan fingerprint density at radius 1 is 0.707 bits per heavy atom. The Bertz CT molecular complexity index is 1660. The Morgan fingerprint density at radius 3 is 1.81 bits per heavy atom. The third-order valence-corrected chi connectivity index (χ3v) is 8.89. The van der Waals surface area contributed by atoms with Gasteiger partial charge in [-0.05, 0) is 44.2 Å². The number of aliphatic hydroxyl groups excluding tert-OH is 1. The molecule has 1 aliphatic heterocycles. The van der Waals surface area contributed by atoms with E-state index < -0.39 is 127 Å². The van der Waals surface area contributed by atoms with Gasteiger partial charge >= 0.3 is 17.9 Å². The zero-order chi connectivity index (χ0) is 43.5. The summed E-state index contributed by atoms with van der Waals surface area (Å²) < 4.78 is 0. The molecule has 58 heavy (non-hydrogen) atoms. The van der Waals surface area contributed by atoms with Crippen molar-refractivity contribution in [3.63, 3.8) is 0 Å². The second-order valence-corrected chi connectivity index (χ2v) is 13.5. The number of primary amides is 1. The molecule has 0 saturated carbocycles. The van der Waals surface area contributed by atoms with Crippen LogP contribution in [0, 0.1) is 0 Å². The summed E-state index contributed by atoms with van der Waals surface area (Å²) in [6.45, 7) is -0.794. The van der Waals surface area contributed by atoms with Gasteiger partial charge in [-0.2, -0.15) is 0 Å². The van der Waals surface area contributed by atoms with E-state index in [0.717, 1.165) is 4.90 Å². The number of carbonyl (C=O) groups excluding carboxylic acids is 7. The molecule has 1 aromatic rings. The number of nitrogens with zero attached hydrogens (tertiary/aromatic N) is 1. The normalized spacial score (nSPS) is 16.6. The molecule has 0 radical (unpaired) electrons. The molecule has 23 nitrogen and oxygen atoms in total. The molecule has 0 aromatic heterocycles. The van der Waals surface area contributed by atoms with Crippen molar-refractivity contribution in [2.75, 3.05) is 19.7 Å². The average molecular weight is 822 g/mol. The van der Waals surface area contributed by atoms with Crippen molar-refractivity contribution >= 4 is 59.3 Å². The van der Waals surface area contributed by atoms with Gasteiger partial charge in [0.25, 0.3) is 0 Å². The fourth-order valence-electron chi connectivity index (χ4n) is 5.94. The second kappa shape index (κ2) is 23.8. The molecule has 320 valence electrons. The van der Waals surface area contributed by atoms with Crippen LogP contribution < -0.4 is 43.8 Å². The Hall–Kier alpha value is -6.20. The number of aliphatic carboxylic acids is 3. The van der Waals surface area contributed by atoms with E-state index in [2.05, 4.69) is 26.6 Å². The predicted molar refractivity (Wildman–Crippen MR) is 198 cm³/mol. The second-order valence-electron chi connectivity index (χ2n) is 13.5. The molecule has 1 fully saturated rings. The highest BCUT2D eigenvalue weighted by atomic mass is 16.4. The van der Waals surface area contributed by atoms with Crippen LogP contribution in [0.3, 0.4) is 0 Å². The zero-order valence-corrected chi connectivity index (χ0v) is 31.5. The van der Waals surface area contributed by atoms with E-state index in [4.69, 9.17) is 22.3 Å². The van der Waals surface area contributed by atoms with Crippen LogP contribution in [0.2, 0.25) is 0 Å². The number of likely N-dealkylation sites (tertiary alicyclic amines) is 1. The van der Waals surface area contributed by atoms with E-state index in [9.17, 15) is 63.3 Å². The summed E-state index contributed by atoms with van der Waals surface area (Å²) in [4.78, 5) is 127. The molecular weight excluding hydrogens is 770 g/mol. The average Bonchev–Trinajstić information content (AvgIpc) is 3.65. The van der Waals surface area contributed by atoms with E-state index in [1.807, 2.05) is 0 Å². The van der Waals surface area contributed by atoms with Crippen molar-refractivity contribution in [2.24, 2.45) is 17.2 Å². The number of carboxylic acid groups (broad SMARTS) is 3. The minimum absolute atomic E-state index is 0.00745. The molecule has 1 saturated heterocycles. The number of amides is 7. The van der Waals surface area contributed by atoms with Crippen LogP contribution in [0.1, 0.15) is 56.9 Å². The van der Waals surface area contributed by atoms with Crippen LogP contribution in [-0.4, -0.2) is 147 Å². The lowest BCUT2D eigenvalue weighted by atomic mass is 10.0. The summed E-state index contributed by atoms with van der Waals surface area (Å²) in [7, 11) is 0. The van der Waals surface area contributed by atoms with E-state index >= 15 is 0 Å². The molecular formula is C35H51N9O14. The van der Waals surface area contributed by atoms with Crippen molar-refractivity contribution in [2.45, 2.75) is 100 Å². The highest BCUT2D eigenvalue weighted by Gasteiger charge is 2.40. The number of hydrogen-bond donors (Lipinski definition) is 12. The van der Waals surface area contributed by atoms with Crippen LogP contribution in [-0.2, 0) is 54.4 Å². The van der Waals surface area contributed by atoms with E-state index in [0.29, 0.717) is 18.4 Å². The maximum absolute atomic E-state index is 13.7.